The maximum atomic E-state index is 8.79. The van der Waals surface area contributed by atoms with Crippen molar-refractivity contribution in [3.05, 3.63) is 0 Å². The first-order chi connectivity index (χ1) is 15.5. The van der Waals surface area contributed by atoms with Gasteiger partial charge in [-0.15, -0.1) is 0 Å². The Morgan fingerprint density at radius 1 is 0.562 bits per heavy atom. The molecule has 0 aromatic carbocycles. The Morgan fingerprint density at radius 3 is 1.16 bits per heavy atom. The van der Waals surface area contributed by atoms with Crippen LogP contribution in [-0.2, 0) is 0 Å². The smallest absolute Gasteiger partial charge is 0.0558 e. The molecule has 0 amide bonds. The molecule has 0 atom stereocenters. The first kappa shape index (κ1) is 39.5. The fourth-order valence-electron chi connectivity index (χ4n) is 2.64. The molecule has 0 aliphatic carbocycles. The number of nitrogens with one attached hydrogen (secondary N) is 1. The topological polar surface area (TPSA) is 59.0 Å². The SMILES string of the molecule is CCCCN(CCO)CCCC.CCCCNCCCC.CCN(CC)CC.OCCBr. The summed E-state index contributed by atoms with van der Waals surface area (Å²) in [4.78, 5) is 4.73. The van der Waals surface area contributed by atoms with E-state index in [1.807, 2.05) is 0 Å². The lowest BCUT2D eigenvalue weighted by Gasteiger charge is -2.20. The quantitative estimate of drug-likeness (QED) is 0.156. The third-order valence-electron chi connectivity index (χ3n) is 4.91. The Labute approximate surface area is 211 Å². The van der Waals surface area contributed by atoms with E-state index in [1.54, 1.807) is 0 Å². The van der Waals surface area contributed by atoms with Gasteiger partial charge in [0.2, 0.25) is 0 Å². The Morgan fingerprint density at radius 2 is 0.938 bits per heavy atom. The highest BCUT2D eigenvalue weighted by atomic mass is 79.9. The molecule has 0 bridgehead atoms. The van der Waals surface area contributed by atoms with E-state index in [1.165, 1.54) is 84.1 Å². The molecule has 32 heavy (non-hydrogen) atoms. The molecule has 0 saturated carbocycles. The monoisotopic (exact) mass is 527 g/mol. The number of halogens is 1. The third kappa shape index (κ3) is 44.0. The van der Waals surface area contributed by atoms with E-state index in [-0.39, 0.29) is 6.61 Å². The minimum Gasteiger partial charge on any atom is -0.396 e. The fourth-order valence-corrected chi connectivity index (χ4v) is 2.64. The van der Waals surface area contributed by atoms with Crippen LogP contribution in [0.2, 0.25) is 0 Å². The molecule has 0 unspecified atom stereocenters. The van der Waals surface area contributed by atoms with Crippen LogP contribution in [0.1, 0.15) is 99.8 Å². The molecule has 0 fully saturated rings. The van der Waals surface area contributed by atoms with Crippen LogP contribution >= 0.6 is 15.9 Å². The van der Waals surface area contributed by atoms with Crippen LogP contribution in [0.25, 0.3) is 0 Å². The van der Waals surface area contributed by atoms with Gasteiger partial charge in [0.1, 0.15) is 0 Å². The summed E-state index contributed by atoms with van der Waals surface area (Å²) in [5.41, 5.74) is 0. The molecule has 0 radical (unpaired) electrons. The van der Waals surface area contributed by atoms with E-state index >= 15 is 0 Å². The molecule has 6 heteroatoms. The van der Waals surface area contributed by atoms with Gasteiger partial charge in [0.25, 0.3) is 0 Å². The molecule has 0 saturated heterocycles. The van der Waals surface area contributed by atoms with Crippen LogP contribution in [0.5, 0.6) is 0 Å². The summed E-state index contributed by atoms with van der Waals surface area (Å²) < 4.78 is 0. The van der Waals surface area contributed by atoms with E-state index in [9.17, 15) is 0 Å². The van der Waals surface area contributed by atoms with E-state index in [0.29, 0.717) is 11.9 Å². The first-order valence-electron chi connectivity index (χ1n) is 13.5. The van der Waals surface area contributed by atoms with Crippen molar-refractivity contribution in [2.75, 3.05) is 70.9 Å². The number of hydrogen-bond donors (Lipinski definition) is 3. The number of alkyl halides is 1. The van der Waals surface area contributed by atoms with Gasteiger partial charge in [-0.1, -0.05) is 90.1 Å². The van der Waals surface area contributed by atoms with Crippen LogP contribution in [0.3, 0.4) is 0 Å². The van der Waals surface area contributed by atoms with Crippen molar-refractivity contribution in [1.29, 1.82) is 0 Å². The molecular weight excluding hydrogens is 466 g/mol. The zero-order valence-electron chi connectivity index (χ0n) is 23.1. The summed E-state index contributed by atoms with van der Waals surface area (Å²) >= 11 is 3.00. The Bertz CT molecular complexity index is 250. The normalized spacial score (nSPS) is 10.1. The summed E-state index contributed by atoms with van der Waals surface area (Å²) in [5.74, 6) is 0. The van der Waals surface area contributed by atoms with Gasteiger partial charge in [-0.05, 0) is 71.5 Å². The van der Waals surface area contributed by atoms with Crippen molar-refractivity contribution in [1.82, 2.24) is 15.1 Å². The number of aliphatic hydroxyl groups excluding tert-OH is 2. The van der Waals surface area contributed by atoms with Gasteiger partial charge in [-0.3, -0.25) is 0 Å². The summed E-state index contributed by atoms with van der Waals surface area (Å²) in [7, 11) is 0. The predicted octanol–water partition coefficient (Wildman–Crippen LogP) is 5.78. The van der Waals surface area contributed by atoms with Gasteiger partial charge >= 0.3 is 0 Å². The van der Waals surface area contributed by atoms with Crippen LogP contribution in [-0.4, -0.2) is 90.9 Å². The van der Waals surface area contributed by atoms with Crippen molar-refractivity contribution in [3.63, 3.8) is 0 Å². The van der Waals surface area contributed by atoms with Crippen molar-refractivity contribution < 1.29 is 10.2 Å². The van der Waals surface area contributed by atoms with E-state index in [0.717, 1.165) is 19.6 Å². The second-order valence-corrected chi connectivity index (χ2v) is 8.55. The zero-order valence-corrected chi connectivity index (χ0v) is 24.7. The molecule has 0 aromatic heterocycles. The molecule has 0 aliphatic heterocycles. The second-order valence-electron chi connectivity index (χ2n) is 7.76. The van der Waals surface area contributed by atoms with Crippen LogP contribution < -0.4 is 5.32 Å². The maximum absolute atomic E-state index is 8.79. The molecule has 0 rings (SSSR count). The van der Waals surface area contributed by atoms with Gasteiger partial charge in [0.15, 0.2) is 0 Å². The van der Waals surface area contributed by atoms with E-state index in [4.69, 9.17) is 10.2 Å². The largest absolute Gasteiger partial charge is 0.396 e. The Hall–Kier alpha value is 0.280. The number of rotatable bonds is 18. The average Bonchev–Trinajstić information content (AvgIpc) is 2.83. The number of unbranched alkanes of at least 4 members (excludes halogenated alkanes) is 4. The lowest BCUT2D eigenvalue weighted by atomic mass is 10.2. The van der Waals surface area contributed by atoms with E-state index < -0.39 is 0 Å². The van der Waals surface area contributed by atoms with Gasteiger partial charge in [0, 0.05) is 11.9 Å². The highest BCUT2D eigenvalue weighted by Crippen LogP contribution is 1.98. The van der Waals surface area contributed by atoms with Crippen molar-refractivity contribution in [2.45, 2.75) is 99.8 Å². The summed E-state index contributed by atoms with van der Waals surface area (Å²) in [6.07, 6.45) is 10.3. The Balaban J connectivity index is -0.000000174. The molecule has 200 valence electrons. The summed E-state index contributed by atoms with van der Waals surface area (Å²) in [5, 5.41) is 20.7. The molecule has 0 heterocycles. The lowest BCUT2D eigenvalue weighted by molar-refractivity contribution is 0.192. The van der Waals surface area contributed by atoms with Crippen LogP contribution in [0, 0.1) is 0 Å². The molecule has 0 spiro atoms. The highest BCUT2D eigenvalue weighted by molar-refractivity contribution is 9.09. The highest BCUT2D eigenvalue weighted by Gasteiger charge is 2.01. The molecule has 0 aromatic rings. The zero-order chi connectivity index (χ0) is 25.3. The van der Waals surface area contributed by atoms with Gasteiger partial charge < -0.3 is 25.3 Å². The summed E-state index contributed by atoms with van der Waals surface area (Å²) in [6.45, 7) is 25.1. The van der Waals surface area contributed by atoms with E-state index in [2.05, 4.69) is 79.5 Å². The van der Waals surface area contributed by atoms with Crippen molar-refractivity contribution >= 4 is 15.9 Å². The Kier molecular flexibility index (Phi) is 51.2. The summed E-state index contributed by atoms with van der Waals surface area (Å²) in [6, 6.07) is 0. The van der Waals surface area contributed by atoms with Gasteiger partial charge in [-0.2, -0.15) is 0 Å². The first-order valence-corrected chi connectivity index (χ1v) is 14.6. The second kappa shape index (κ2) is 41.5. The number of hydrogen-bond acceptors (Lipinski definition) is 5. The van der Waals surface area contributed by atoms with Gasteiger partial charge in [0.05, 0.1) is 13.2 Å². The molecular formula is C26H62BrN3O2. The maximum Gasteiger partial charge on any atom is 0.0558 e. The number of aliphatic hydroxyl groups is 2. The fraction of sp³-hybridized carbons (Fsp3) is 1.00. The molecule has 3 N–H and O–H groups in total. The van der Waals surface area contributed by atoms with Gasteiger partial charge in [-0.25, -0.2) is 0 Å². The van der Waals surface area contributed by atoms with Crippen LogP contribution in [0.15, 0.2) is 0 Å². The van der Waals surface area contributed by atoms with Crippen molar-refractivity contribution in [2.24, 2.45) is 0 Å². The average molecular weight is 529 g/mol. The minimum absolute atomic E-state index is 0.236. The predicted molar refractivity (Wildman–Crippen MR) is 150 cm³/mol. The standard InChI is InChI=1S/C10H23NO.C8H19N.C6H15N.C2H5BrO/c1-3-5-7-11(9-10-12)8-6-4-2;1-3-5-7-9-8-6-4-2;1-4-7(5-2)6-3;3-1-2-4/h12H,3-10H2,1-2H3;9H,3-8H2,1-2H3;4-6H2,1-3H3;4H,1-2H2. The molecule has 0 aliphatic rings. The minimum atomic E-state index is 0.236. The third-order valence-corrected chi connectivity index (χ3v) is 5.27. The number of nitrogens with zero attached hydrogens (tertiary/aromatic N) is 2. The lowest BCUT2D eigenvalue weighted by Crippen LogP contribution is -2.28. The van der Waals surface area contributed by atoms with Crippen molar-refractivity contribution in [3.8, 4) is 0 Å². The molecule has 5 nitrogen and oxygen atoms in total. The van der Waals surface area contributed by atoms with Crippen LogP contribution in [0.4, 0.5) is 0 Å².